The van der Waals surface area contributed by atoms with E-state index < -0.39 is 16.0 Å². The van der Waals surface area contributed by atoms with Gasteiger partial charge in [0.15, 0.2) is 0 Å². The van der Waals surface area contributed by atoms with Gasteiger partial charge in [-0.1, -0.05) is 0 Å². The maximum Gasteiger partial charge on any atom is 0.306 e. The molecule has 0 aromatic carbocycles. The molecule has 2 unspecified atom stereocenters. The van der Waals surface area contributed by atoms with Crippen LogP contribution in [0, 0.1) is 5.92 Å². The van der Waals surface area contributed by atoms with Gasteiger partial charge in [0.1, 0.15) is 0 Å². The van der Waals surface area contributed by atoms with E-state index in [1.165, 1.54) is 4.31 Å². The minimum atomic E-state index is -3.39. The van der Waals surface area contributed by atoms with E-state index in [1.54, 1.807) is 6.92 Å². The molecule has 1 fully saturated rings. The van der Waals surface area contributed by atoms with E-state index in [9.17, 15) is 13.2 Å². The van der Waals surface area contributed by atoms with Crippen LogP contribution in [0.15, 0.2) is 0 Å². The zero-order valence-corrected chi connectivity index (χ0v) is 12.5. The van der Waals surface area contributed by atoms with Crippen molar-refractivity contribution in [2.24, 2.45) is 11.7 Å². The van der Waals surface area contributed by atoms with E-state index >= 15 is 0 Å². The van der Waals surface area contributed by atoms with Crippen molar-refractivity contribution in [3.63, 3.8) is 0 Å². The molecular weight excluding hydrogens is 268 g/mol. The van der Waals surface area contributed by atoms with Crippen molar-refractivity contribution in [3.8, 4) is 0 Å². The molecule has 1 aliphatic heterocycles. The van der Waals surface area contributed by atoms with Crippen LogP contribution in [0.25, 0.3) is 0 Å². The minimum absolute atomic E-state index is 0.0111. The van der Waals surface area contributed by atoms with Gasteiger partial charge in [-0.2, -0.15) is 0 Å². The molecule has 2 N–H and O–H groups in total. The number of sulfonamides is 1. The average Bonchev–Trinajstić information content (AvgIpc) is 2.37. The van der Waals surface area contributed by atoms with Gasteiger partial charge < -0.3 is 10.5 Å². The Morgan fingerprint density at radius 2 is 2.21 bits per heavy atom. The molecule has 0 bridgehead atoms. The van der Waals surface area contributed by atoms with Crippen LogP contribution < -0.4 is 5.73 Å². The zero-order valence-electron chi connectivity index (χ0n) is 11.7. The lowest BCUT2D eigenvalue weighted by Gasteiger charge is -2.33. The van der Waals surface area contributed by atoms with Crippen molar-refractivity contribution >= 4 is 16.0 Å². The van der Waals surface area contributed by atoms with Crippen molar-refractivity contribution < 1.29 is 17.9 Å². The molecular formula is C12H24N2O4S. The first kappa shape index (κ1) is 16.4. The number of nitrogens with zero attached hydrogens (tertiary/aromatic N) is 1. The Labute approximate surface area is 115 Å². The second-order valence-electron chi connectivity index (χ2n) is 4.99. The Hall–Kier alpha value is -0.660. The summed E-state index contributed by atoms with van der Waals surface area (Å²) in [5.74, 6) is -0.449. The van der Waals surface area contributed by atoms with Gasteiger partial charge in [0.05, 0.1) is 18.8 Å². The fourth-order valence-electron chi connectivity index (χ4n) is 2.23. The van der Waals surface area contributed by atoms with Crippen molar-refractivity contribution in [2.75, 3.05) is 25.4 Å². The highest BCUT2D eigenvalue weighted by molar-refractivity contribution is 7.89. The van der Waals surface area contributed by atoms with Crippen LogP contribution in [0.1, 0.15) is 33.1 Å². The Kier molecular flexibility index (Phi) is 6.22. The summed E-state index contributed by atoms with van der Waals surface area (Å²) in [6, 6.07) is -0.0111. The Bertz CT molecular complexity index is 395. The second kappa shape index (κ2) is 7.21. The fourth-order valence-corrected chi connectivity index (χ4v) is 3.74. The number of nitrogens with two attached hydrogens (primary N) is 1. The molecule has 0 aromatic rings. The molecule has 0 radical (unpaired) electrons. The monoisotopic (exact) mass is 292 g/mol. The quantitative estimate of drug-likeness (QED) is 0.712. The summed E-state index contributed by atoms with van der Waals surface area (Å²) >= 11 is 0. The first-order valence-corrected chi connectivity index (χ1v) is 8.36. The number of carbonyl (C=O) groups excluding carboxylic acids is 1. The smallest absolute Gasteiger partial charge is 0.306 e. The van der Waals surface area contributed by atoms with E-state index in [1.807, 2.05) is 6.92 Å². The highest BCUT2D eigenvalue weighted by Crippen LogP contribution is 2.21. The van der Waals surface area contributed by atoms with Crippen LogP contribution in [0.4, 0.5) is 0 Å². The van der Waals surface area contributed by atoms with Crippen LogP contribution in [-0.4, -0.2) is 50.2 Å². The van der Waals surface area contributed by atoms with Crippen molar-refractivity contribution in [2.45, 2.75) is 39.2 Å². The highest BCUT2D eigenvalue weighted by Gasteiger charge is 2.30. The number of hydrogen-bond donors (Lipinski definition) is 1. The second-order valence-corrected chi connectivity index (χ2v) is 7.08. The SMILES string of the molecule is CCOC(=O)CCS(=O)(=O)N1CCCC(C(C)N)C1. The van der Waals surface area contributed by atoms with Gasteiger partial charge in [0.25, 0.3) is 0 Å². The van der Waals surface area contributed by atoms with Crippen molar-refractivity contribution in [1.82, 2.24) is 4.31 Å². The van der Waals surface area contributed by atoms with E-state index in [-0.39, 0.29) is 30.7 Å². The van der Waals surface area contributed by atoms with E-state index in [4.69, 9.17) is 10.5 Å². The van der Waals surface area contributed by atoms with Gasteiger partial charge in [-0.05, 0) is 32.6 Å². The van der Waals surface area contributed by atoms with Gasteiger partial charge >= 0.3 is 5.97 Å². The van der Waals surface area contributed by atoms with E-state index in [2.05, 4.69) is 0 Å². The molecule has 7 heteroatoms. The molecule has 0 aromatic heterocycles. The topological polar surface area (TPSA) is 89.7 Å². The van der Waals surface area contributed by atoms with Gasteiger partial charge in [0, 0.05) is 19.1 Å². The van der Waals surface area contributed by atoms with Crippen LogP contribution in [-0.2, 0) is 19.6 Å². The largest absolute Gasteiger partial charge is 0.466 e. The highest BCUT2D eigenvalue weighted by atomic mass is 32.2. The van der Waals surface area contributed by atoms with Gasteiger partial charge in [0.2, 0.25) is 10.0 Å². The maximum atomic E-state index is 12.1. The number of ether oxygens (including phenoxy) is 1. The lowest BCUT2D eigenvalue weighted by molar-refractivity contribution is -0.142. The van der Waals surface area contributed by atoms with Gasteiger partial charge in [-0.3, -0.25) is 4.79 Å². The predicted molar refractivity (Wildman–Crippen MR) is 73.0 cm³/mol. The molecule has 6 nitrogen and oxygen atoms in total. The summed E-state index contributed by atoms with van der Waals surface area (Å²) in [6.45, 7) is 4.86. The Morgan fingerprint density at radius 3 is 2.79 bits per heavy atom. The maximum absolute atomic E-state index is 12.1. The van der Waals surface area contributed by atoms with Crippen LogP contribution >= 0.6 is 0 Å². The third kappa shape index (κ3) is 5.08. The zero-order chi connectivity index (χ0) is 14.5. The molecule has 2 atom stereocenters. The lowest BCUT2D eigenvalue weighted by Crippen LogP contribution is -2.45. The van der Waals surface area contributed by atoms with Gasteiger partial charge in [-0.25, -0.2) is 12.7 Å². The number of carbonyl (C=O) groups is 1. The first-order chi connectivity index (χ1) is 8.86. The molecule has 19 heavy (non-hydrogen) atoms. The first-order valence-electron chi connectivity index (χ1n) is 6.76. The van der Waals surface area contributed by atoms with Gasteiger partial charge in [-0.15, -0.1) is 0 Å². The summed E-state index contributed by atoms with van der Waals surface area (Å²) in [5, 5.41) is 0. The molecule has 0 aliphatic carbocycles. The Morgan fingerprint density at radius 1 is 1.53 bits per heavy atom. The molecule has 1 saturated heterocycles. The summed E-state index contributed by atoms with van der Waals surface area (Å²) < 4.78 is 30.5. The predicted octanol–water partition coefficient (Wildman–Crippen LogP) is 0.329. The van der Waals surface area contributed by atoms with Crippen molar-refractivity contribution in [1.29, 1.82) is 0 Å². The minimum Gasteiger partial charge on any atom is -0.466 e. The van der Waals surface area contributed by atoms with Crippen LogP contribution in [0.5, 0.6) is 0 Å². The molecule has 1 rings (SSSR count). The average molecular weight is 292 g/mol. The Balaban J connectivity index is 2.54. The summed E-state index contributed by atoms with van der Waals surface area (Å²) in [4.78, 5) is 11.2. The summed E-state index contributed by atoms with van der Waals surface area (Å²) in [7, 11) is -3.39. The standard InChI is InChI=1S/C12H24N2O4S/c1-3-18-12(15)6-8-19(16,17)14-7-4-5-11(9-14)10(2)13/h10-11H,3-9,13H2,1-2H3. The molecule has 0 saturated carbocycles. The number of esters is 1. The van der Waals surface area contributed by atoms with E-state index in [0.717, 1.165) is 12.8 Å². The molecule has 112 valence electrons. The third-order valence-corrected chi connectivity index (χ3v) is 5.27. The lowest BCUT2D eigenvalue weighted by atomic mass is 9.93. The summed E-state index contributed by atoms with van der Waals surface area (Å²) in [6.07, 6.45) is 1.70. The summed E-state index contributed by atoms with van der Waals surface area (Å²) in [5.41, 5.74) is 5.84. The molecule has 0 spiro atoms. The van der Waals surface area contributed by atoms with Crippen LogP contribution in [0.2, 0.25) is 0 Å². The number of hydrogen-bond acceptors (Lipinski definition) is 5. The molecule has 1 heterocycles. The fraction of sp³-hybridized carbons (Fsp3) is 0.917. The van der Waals surface area contributed by atoms with Crippen molar-refractivity contribution in [3.05, 3.63) is 0 Å². The number of piperidine rings is 1. The third-order valence-electron chi connectivity index (χ3n) is 3.43. The van der Waals surface area contributed by atoms with Crippen LogP contribution in [0.3, 0.4) is 0 Å². The normalized spacial score (nSPS) is 23.0. The number of rotatable bonds is 6. The molecule has 1 aliphatic rings. The van der Waals surface area contributed by atoms with E-state index in [0.29, 0.717) is 13.1 Å². The molecule has 0 amide bonds.